The molecule has 1 heterocycles. The summed E-state index contributed by atoms with van der Waals surface area (Å²) in [7, 11) is 3.00. The van der Waals surface area contributed by atoms with Gasteiger partial charge in [-0.1, -0.05) is 12.1 Å². The van der Waals surface area contributed by atoms with Crippen molar-refractivity contribution >= 4 is 32.4 Å². The summed E-state index contributed by atoms with van der Waals surface area (Å²) in [6.45, 7) is 5.11. The van der Waals surface area contributed by atoms with Crippen LogP contribution in [-0.4, -0.2) is 87.8 Å². The van der Waals surface area contributed by atoms with Crippen molar-refractivity contribution in [2.45, 2.75) is 64.0 Å². The lowest BCUT2D eigenvalue weighted by molar-refractivity contribution is -0.239. The summed E-state index contributed by atoms with van der Waals surface area (Å²) in [6, 6.07) is 10.4. The quantitative estimate of drug-likeness (QED) is 0.163. The van der Waals surface area contributed by atoms with Crippen LogP contribution in [0.1, 0.15) is 43.1 Å². The zero-order valence-corrected chi connectivity index (χ0v) is 25.7. The molecule has 3 rings (SSSR count). The van der Waals surface area contributed by atoms with Gasteiger partial charge in [0.25, 0.3) is 0 Å². The van der Waals surface area contributed by atoms with Crippen LogP contribution in [-0.2, 0) is 20.9 Å². The molecule has 4 atom stereocenters. The molecule has 12 nitrogen and oxygen atoms in total. The van der Waals surface area contributed by atoms with Gasteiger partial charge >= 0.3 is 5.97 Å². The fraction of sp³-hybridized carbons (Fsp3) is 0.500. The maximum Gasteiger partial charge on any atom is 0.344 e. The van der Waals surface area contributed by atoms with Gasteiger partial charge in [-0.15, -0.1) is 0 Å². The number of carbonyl (C=O) groups excluding carboxylic acids is 2. The van der Waals surface area contributed by atoms with Crippen LogP contribution in [0.15, 0.2) is 36.4 Å². The Morgan fingerprint density at radius 3 is 2.15 bits per heavy atom. The van der Waals surface area contributed by atoms with Crippen LogP contribution in [0.2, 0.25) is 0 Å². The van der Waals surface area contributed by atoms with Crippen LogP contribution in [0.3, 0.4) is 0 Å². The standard InChI is InChI=1S/C22H25IO7.C6H12O5/c1-22(2,3)30-20(24)13-28-15-8-6-14(7-9-15)12-29-19-11-17(26-4)16(21(23)25)10-18(19)27-5;7-2-4-6(10)3(8)1-5(9)11-4/h6-11H,12-13H2,1-5H3;3-10H,1-2H2/t;3-,4-,5+,6+/m.1/s1. The van der Waals surface area contributed by atoms with Gasteiger partial charge in [0.1, 0.15) is 35.9 Å². The minimum Gasteiger partial charge on any atom is -0.496 e. The molecule has 0 bridgehead atoms. The number of aliphatic hydroxyl groups excluding tert-OH is 4. The van der Waals surface area contributed by atoms with E-state index in [0.29, 0.717) is 28.6 Å². The van der Waals surface area contributed by atoms with Crippen molar-refractivity contribution in [1.82, 2.24) is 0 Å². The average Bonchev–Trinajstić information content (AvgIpc) is 2.92. The van der Waals surface area contributed by atoms with Crippen molar-refractivity contribution in [3.8, 4) is 23.0 Å². The topological polar surface area (TPSA) is 170 Å². The summed E-state index contributed by atoms with van der Waals surface area (Å²) in [5, 5.41) is 35.6. The first-order valence-corrected chi connectivity index (χ1v) is 13.7. The molecule has 1 saturated heterocycles. The first kappa shape index (κ1) is 34.5. The van der Waals surface area contributed by atoms with Crippen molar-refractivity contribution in [3.05, 3.63) is 47.5 Å². The first-order valence-electron chi connectivity index (χ1n) is 12.6. The Hall–Kier alpha value is -2.69. The molecule has 0 radical (unpaired) electrons. The fourth-order valence-electron chi connectivity index (χ4n) is 3.57. The molecule has 41 heavy (non-hydrogen) atoms. The molecule has 1 aliphatic heterocycles. The molecule has 1 aliphatic rings. The van der Waals surface area contributed by atoms with Crippen molar-refractivity contribution in [2.24, 2.45) is 0 Å². The lowest BCUT2D eigenvalue weighted by Crippen LogP contribution is -2.49. The SMILES string of the molecule is COc1cc(C(=O)I)c(OC)cc1OCc1ccc(OCC(=O)OC(C)(C)C)cc1.OC[C@H]1O[C@H](O)C[C@@H](O)[C@@H]1O. The van der Waals surface area contributed by atoms with Crippen molar-refractivity contribution in [2.75, 3.05) is 27.4 Å². The summed E-state index contributed by atoms with van der Waals surface area (Å²) in [4.78, 5) is 23.5. The van der Waals surface area contributed by atoms with Crippen LogP contribution in [0.5, 0.6) is 23.0 Å². The van der Waals surface area contributed by atoms with Gasteiger partial charge in [-0.3, -0.25) is 4.79 Å². The number of hydrogen-bond acceptors (Lipinski definition) is 12. The molecule has 0 saturated carbocycles. The Morgan fingerprint density at radius 1 is 0.976 bits per heavy atom. The molecule has 2 aromatic rings. The summed E-state index contributed by atoms with van der Waals surface area (Å²) < 4.78 is 31.7. The van der Waals surface area contributed by atoms with E-state index >= 15 is 0 Å². The molecule has 0 amide bonds. The second-order valence-electron chi connectivity index (χ2n) is 9.89. The zero-order chi connectivity index (χ0) is 30.7. The number of halogens is 1. The monoisotopic (exact) mass is 692 g/mol. The predicted molar refractivity (Wildman–Crippen MR) is 155 cm³/mol. The Kier molecular flexibility index (Phi) is 13.5. The van der Waals surface area contributed by atoms with E-state index in [2.05, 4.69) is 0 Å². The van der Waals surface area contributed by atoms with Crippen LogP contribution >= 0.6 is 22.6 Å². The summed E-state index contributed by atoms with van der Waals surface area (Å²) in [6.07, 6.45) is -4.11. The maximum absolute atomic E-state index is 11.7. The highest BCUT2D eigenvalue weighted by Gasteiger charge is 2.35. The summed E-state index contributed by atoms with van der Waals surface area (Å²) in [5.74, 6) is 1.43. The highest BCUT2D eigenvalue weighted by Crippen LogP contribution is 2.36. The van der Waals surface area contributed by atoms with Gasteiger partial charge in [-0.05, 0) is 44.5 Å². The van der Waals surface area contributed by atoms with Crippen molar-refractivity contribution < 1.29 is 58.4 Å². The van der Waals surface area contributed by atoms with Crippen molar-refractivity contribution in [3.63, 3.8) is 0 Å². The molecular formula is C28H37IO12. The summed E-state index contributed by atoms with van der Waals surface area (Å²) >= 11 is 1.70. The van der Waals surface area contributed by atoms with Crippen molar-refractivity contribution in [1.29, 1.82) is 0 Å². The largest absolute Gasteiger partial charge is 0.496 e. The van der Waals surface area contributed by atoms with Gasteiger partial charge < -0.3 is 48.8 Å². The first-order chi connectivity index (χ1) is 19.3. The minimum atomic E-state index is -1.11. The average molecular weight is 692 g/mol. The molecule has 0 aromatic heterocycles. The van der Waals surface area contributed by atoms with E-state index < -0.39 is 42.8 Å². The number of carbonyl (C=O) groups is 2. The summed E-state index contributed by atoms with van der Waals surface area (Å²) in [5.41, 5.74) is 0.747. The lowest BCUT2D eigenvalue weighted by Gasteiger charge is -2.33. The lowest BCUT2D eigenvalue weighted by atomic mass is 10.0. The smallest absolute Gasteiger partial charge is 0.344 e. The van der Waals surface area contributed by atoms with Gasteiger partial charge in [0.15, 0.2) is 24.4 Å². The Bertz CT molecular complexity index is 1130. The number of aliphatic hydroxyl groups is 4. The Balaban J connectivity index is 0.000000446. The highest BCUT2D eigenvalue weighted by atomic mass is 127. The number of esters is 1. The van der Waals surface area contributed by atoms with Gasteiger partial charge in [0.05, 0.1) is 32.5 Å². The molecule has 0 aliphatic carbocycles. The second-order valence-corrected chi connectivity index (χ2v) is 10.9. The van der Waals surface area contributed by atoms with E-state index in [9.17, 15) is 9.59 Å². The second kappa shape index (κ2) is 16.1. The number of rotatable bonds is 10. The van der Waals surface area contributed by atoms with E-state index in [4.69, 9.17) is 48.8 Å². The molecule has 4 N–H and O–H groups in total. The molecule has 1 fully saturated rings. The predicted octanol–water partition coefficient (Wildman–Crippen LogP) is 2.39. The third-order valence-electron chi connectivity index (χ3n) is 5.52. The molecule has 2 aromatic carbocycles. The van der Waals surface area contributed by atoms with Crippen LogP contribution in [0.4, 0.5) is 0 Å². The van der Waals surface area contributed by atoms with Gasteiger partial charge in [-0.2, -0.15) is 0 Å². The molecular weight excluding hydrogens is 655 g/mol. The fourth-order valence-corrected chi connectivity index (χ4v) is 4.00. The minimum absolute atomic E-state index is 0.0162. The van der Waals surface area contributed by atoms with E-state index in [-0.39, 0.29) is 23.4 Å². The van der Waals surface area contributed by atoms with E-state index in [0.717, 1.165) is 5.56 Å². The molecule has 13 heteroatoms. The number of hydrogen-bond donors (Lipinski definition) is 4. The highest BCUT2D eigenvalue weighted by molar-refractivity contribution is 14.1. The third kappa shape index (κ3) is 11.2. The van der Waals surface area contributed by atoms with Gasteiger partial charge in [-0.25, -0.2) is 4.79 Å². The molecule has 228 valence electrons. The normalized spacial score (nSPS) is 20.2. The van der Waals surface area contributed by atoms with E-state index in [1.807, 2.05) is 12.1 Å². The van der Waals surface area contributed by atoms with E-state index in [1.54, 1.807) is 67.6 Å². The zero-order valence-electron chi connectivity index (χ0n) is 23.5. The molecule has 0 spiro atoms. The number of ether oxygens (including phenoxy) is 6. The number of methoxy groups -OCH3 is 2. The van der Waals surface area contributed by atoms with Crippen LogP contribution in [0, 0.1) is 0 Å². The molecule has 0 unspecified atom stereocenters. The number of benzene rings is 2. The Morgan fingerprint density at radius 2 is 1.61 bits per heavy atom. The Labute approximate surface area is 252 Å². The maximum atomic E-state index is 11.7. The van der Waals surface area contributed by atoms with Gasteiger partial charge in [0.2, 0.25) is 3.79 Å². The van der Waals surface area contributed by atoms with Crippen LogP contribution in [0.25, 0.3) is 0 Å². The van der Waals surface area contributed by atoms with Gasteiger partial charge in [0, 0.05) is 35.1 Å². The van der Waals surface area contributed by atoms with E-state index in [1.165, 1.54) is 14.2 Å². The van der Waals surface area contributed by atoms with Crippen LogP contribution < -0.4 is 18.9 Å². The third-order valence-corrected chi connectivity index (χ3v) is 6.10.